The summed E-state index contributed by atoms with van der Waals surface area (Å²) in [5, 5.41) is 0. The molecule has 0 aliphatic carbocycles. The molecule has 0 aromatic heterocycles. The number of nitrogens with two attached hydrogens (primary N) is 1. The van der Waals surface area contributed by atoms with E-state index in [0.29, 0.717) is 6.54 Å². The molecule has 0 bridgehead atoms. The number of primary amides is 1. The van der Waals surface area contributed by atoms with Gasteiger partial charge in [0.15, 0.2) is 0 Å². The monoisotopic (exact) mass is 232 g/mol. The first-order valence-corrected chi connectivity index (χ1v) is 4.73. The van der Waals surface area contributed by atoms with Crippen LogP contribution in [-0.2, 0) is 4.79 Å². The van der Waals surface area contributed by atoms with Gasteiger partial charge in [0.05, 0.1) is 6.54 Å². The average Bonchev–Trinajstić information content (AvgIpc) is 1.96. The van der Waals surface area contributed by atoms with E-state index in [1.807, 2.05) is 4.90 Å². The van der Waals surface area contributed by atoms with Gasteiger partial charge in [-0.2, -0.15) is 0 Å². The zero-order valence-electron chi connectivity index (χ0n) is 7.14. The van der Waals surface area contributed by atoms with Crippen molar-refractivity contribution in [2.24, 2.45) is 5.73 Å². The quantitative estimate of drug-likeness (QED) is 0.768. The normalized spacial score (nSPS) is 19.8. The Morgan fingerprint density at radius 1 is 1.75 bits per heavy atom. The Balaban J connectivity index is 2.49. The summed E-state index contributed by atoms with van der Waals surface area (Å²) < 4.78 is 1.19. The van der Waals surface area contributed by atoms with Crippen LogP contribution in [0.1, 0.15) is 13.3 Å². The fourth-order valence-electron chi connectivity index (χ4n) is 1.23. The molecule has 1 amide bonds. The third-order valence-electron chi connectivity index (χ3n) is 2.01. The smallest absolute Gasteiger partial charge is 0.231 e. The van der Waals surface area contributed by atoms with E-state index in [-0.39, 0.29) is 5.91 Å². The summed E-state index contributed by atoms with van der Waals surface area (Å²) in [6, 6.07) is 0. The Morgan fingerprint density at radius 3 is 2.92 bits per heavy atom. The van der Waals surface area contributed by atoms with E-state index in [2.05, 4.69) is 22.9 Å². The van der Waals surface area contributed by atoms with E-state index in [9.17, 15) is 4.79 Å². The first-order valence-electron chi connectivity index (χ1n) is 3.94. The van der Waals surface area contributed by atoms with Gasteiger partial charge in [-0.05, 0) is 13.3 Å². The van der Waals surface area contributed by atoms with Crippen LogP contribution in [0.4, 0.5) is 0 Å². The van der Waals surface area contributed by atoms with Crippen molar-refractivity contribution >= 4 is 21.8 Å². The van der Waals surface area contributed by atoms with Gasteiger partial charge in [-0.25, -0.2) is 0 Å². The molecule has 4 heteroatoms. The van der Waals surface area contributed by atoms with Crippen molar-refractivity contribution in [1.82, 2.24) is 4.90 Å². The van der Waals surface area contributed by atoms with Gasteiger partial charge in [0.25, 0.3) is 0 Å². The molecule has 0 atom stereocenters. The third-order valence-corrected chi connectivity index (χ3v) is 2.94. The molecule has 12 heavy (non-hydrogen) atoms. The van der Waals surface area contributed by atoms with Crippen LogP contribution in [0.3, 0.4) is 0 Å². The van der Waals surface area contributed by atoms with Gasteiger partial charge < -0.3 is 5.73 Å². The van der Waals surface area contributed by atoms with Crippen molar-refractivity contribution in [3.63, 3.8) is 0 Å². The lowest BCUT2D eigenvalue weighted by Crippen LogP contribution is -2.37. The van der Waals surface area contributed by atoms with Crippen LogP contribution in [0.15, 0.2) is 10.1 Å². The second-order valence-electron chi connectivity index (χ2n) is 3.11. The lowest BCUT2D eigenvalue weighted by molar-refractivity contribution is -0.119. The molecule has 1 aliphatic heterocycles. The third kappa shape index (κ3) is 2.60. The van der Waals surface area contributed by atoms with Crippen molar-refractivity contribution in [3.05, 3.63) is 10.1 Å². The minimum atomic E-state index is -0.255. The number of hydrogen-bond acceptors (Lipinski definition) is 2. The molecule has 0 saturated heterocycles. The van der Waals surface area contributed by atoms with E-state index in [0.717, 1.165) is 19.5 Å². The van der Waals surface area contributed by atoms with Crippen molar-refractivity contribution in [2.45, 2.75) is 13.3 Å². The van der Waals surface area contributed by atoms with Crippen LogP contribution in [0.5, 0.6) is 0 Å². The molecule has 68 valence electrons. The maximum absolute atomic E-state index is 10.6. The topological polar surface area (TPSA) is 46.3 Å². The highest BCUT2D eigenvalue weighted by molar-refractivity contribution is 9.11. The maximum atomic E-state index is 10.6. The maximum Gasteiger partial charge on any atom is 0.231 e. The zero-order chi connectivity index (χ0) is 9.14. The first kappa shape index (κ1) is 9.74. The first-order chi connectivity index (χ1) is 5.59. The van der Waals surface area contributed by atoms with E-state index in [1.54, 1.807) is 0 Å². The van der Waals surface area contributed by atoms with Gasteiger partial charge in [-0.1, -0.05) is 21.5 Å². The van der Waals surface area contributed by atoms with Gasteiger partial charge >= 0.3 is 0 Å². The predicted octanol–water partition coefficient (Wildman–Crippen LogP) is 0.846. The van der Waals surface area contributed by atoms with Crippen LogP contribution >= 0.6 is 15.9 Å². The summed E-state index contributed by atoms with van der Waals surface area (Å²) in [6.45, 7) is 4.21. The molecule has 1 heterocycles. The van der Waals surface area contributed by atoms with Gasteiger partial charge in [0.1, 0.15) is 0 Å². The number of carbonyl (C=O) groups excluding carboxylic acids is 1. The molecule has 2 N–H and O–H groups in total. The standard InChI is InChI=1S/C8H13BrN2O/c1-6-2-3-11(4-7(6)9)5-8(10)12/h2-5H2,1H3,(H2,10,12). The van der Waals surface area contributed by atoms with E-state index < -0.39 is 0 Å². The van der Waals surface area contributed by atoms with Crippen LogP contribution in [0, 0.1) is 0 Å². The molecule has 0 fully saturated rings. The molecular formula is C8H13BrN2O. The Morgan fingerprint density at radius 2 is 2.42 bits per heavy atom. The molecule has 3 nitrogen and oxygen atoms in total. The fourth-order valence-corrected chi connectivity index (χ4v) is 1.78. The predicted molar refractivity (Wildman–Crippen MR) is 51.9 cm³/mol. The molecule has 1 rings (SSSR count). The van der Waals surface area contributed by atoms with Crippen molar-refractivity contribution in [3.8, 4) is 0 Å². The molecule has 0 spiro atoms. The van der Waals surface area contributed by atoms with Crippen molar-refractivity contribution in [1.29, 1.82) is 0 Å². The number of amides is 1. The summed E-state index contributed by atoms with van der Waals surface area (Å²) in [7, 11) is 0. The van der Waals surface area contributed by atoms with Crippen LogP contribution in [-0.4, -0.2) is 30.4 Å². The molecule has 0 radical (unpaired) electrons. The Bertz CT molecular complexity index is 225. The molecule has 0 saturated carbocycles. The molecule has 1 aliphatic rings. The van der Waals surface area contributed by atoms with Gasteiger partial charge in [0.2, 0.25) is 5.91 Å². The molecule has 0 unspecified atom stereocenters. The second kappa shape index (κ2) is 4.05. The molecular weight excluding hydrogens is 220 g/mol. The average molecular weight is 233 g/mol. The number of nitrogens with zero attached hydrogens (tertiary/aromatic N) is 1. The highest BCUT2D eigenvalue weighted by atomic mass is 79.9. The lowest BCUT2D eigenvalue weighted by Gasteiger charge is -2.26. The summed E-state index contributed by atoms with van der Waals surface area (Å²) >= 11 is 3.47. The largest absolute Gasteiger partial charge is 0.369 e. The van der Waals surface area contributed by atoms with Crippen molar-refractivity contribution in [2.75, 3.05) is 19.6 Å². The van der Waals surface area contributed by atoms with Crippen molar-refractivity contribution < 1.29 is 4.79 Å². The summed E-state index contributed by atoms with van der Waals surface area (Å²) in [5.74, 6) is -0.255. The van der Waals surface area contributed by atoms with Gasteiger partial charge in [-0.15, -0.1) is 0 Å². The zero-order valence-corrected chi connectivity index (χ0v) is 8.73. The summed E-state index contributed by atoms with van der Waals surface area (Å²) in [6.07, 6.45) is 1.02. The highest BCUT2D eigenvalue weighted by Crippen LogP contribution is 2.21. The molecule has 0 aromatic carbocycles. The Labute approximate surface area is 80.7 Å². The number of rotatable bonds is 2. The SMILES string of the molecule is CC1=C(Br)CN(CC(N)=O)CC1. The van der Waals surface area contributed by atoms with E-state index in [4.69, 9.17) is 5.73 Å². The Hall–Kier alpha value is -0.350. The van der Waals surface area contributed by atoms with E-state index in [1.165, 1.54) is 10.1 Å². The van der Waals surface area contributed by atoms with Gasteiger partial charge in [0, 0.05) is 17.6 Å². The number of halogens is 1. The minimum absolute atomic E-state index is 0.255. The number of hydrogen-bond donors (Lipinski definition) is 1. The molecule has 0 aromatic rings. The second-order valence-corrected chi connectivity index (χ2v) is 4.07. The number of carbonyl (C=O) groups is 1. The minimum Gasteiger partial charge on any atom is -0.369 e. The summed E-state index contributed by atoms with van der Waals surface area (Å²) in [5.41, 5.74) is 6.46. The van der Waals surface area contributed by atoms with Crippen LogP contribution in [0.25, 0.3) is 0 Å². The van der Waals surface area contributed by atoms with Crippen LogP contribution < -0.4 is 5.73 Å². The summed E-state index contributed by atoms with van der Waals surface area (Å²) in [4.78, 5) is 12.6. The lowest BCUT2D eigenvalue weighted by atomic mass is 10.1. The highest BCUT2D eigenvalue weighted by Gasteiger charge is 2.15. The van der Waals surface area contributed by atoms with E-state index >= 15 is 0 Å². The van der Waals surface area contributed by atoms with Gasteiger partial charge in [-0.3, -0.25) is 9.69 Å². The van der Waals surface area contributed by atoms with Crippen LogP contribution in [0.2, 0.25) is 0 Å². The Kier molecular flexibility index (Phi) is 3.29. The fraction of sp³-hybridized carbons (Fsp3) is 0.625.